The van der Waals surface area contributed by atoms with Gasteiger partial charge in [0.2, 0.25) is 11.9 Å². The Kier molecular flexibility index (Phi) is 8.11. The lowest BCUT2D eigenvalue weighted by Gasteiger charge is -2.34. The highest BCUT2D eigenvalue weighted by Gasteiger charge is 2.22. The van der Waals surface area contributed by atoms with Crippen molar-refractivity contribution in [2.75, 3.05) is 50.7 Å². The van der Waals surface area contributed by atoms with Crippen LogP contribution in [0.4, 0.5) is 5.95 Å². The molecule has 0 unspecified atom stereocenters. The molecule has 1 aromatic heterocycles. The van der Waals surface area contributed by atoms with Crippen molar-refractivity contribution in [3.05, 3.63) is 18.5 Å². The summed E-state index contributed by atoms with van der Waals surface area (Å²) in [6.07, 6.45) is 3.95. The van der Waals surface area contributed by atoms with Gasteiger partial charge < -0.3 is 20.4 Å². The minimum Gasteiger partial charge on any atom is -0.357 e. The van der Waals surface area contributed by atoms with Gasteiger partial charge in [0.1, 0.15) is 0 Å². The first-order valence-corrected chi connectivity index (χ1v) is 9.42. The third kappa shape index (κ3) is 6.50. The van der Waals surface area contributed by atoms with Crippen LogP contribution in [0, 0.1) is 5.92 Å². The van der Waals surface area contributed by atoms with Crippen LogP contribution < -0.4 is 15.5 Å². The number of guanidine groups is 1. The topological polar surface area (TPSA) is 85.8 Å². The molecule has 1 amide bonds. The van der Waals surface area contributed by atoms with Crippen LogP contribution in [-0.4, -0.2) is 72.5 Å². The van der Waals surface area contributed by atoms with Gasteiger partial charge in [0, 0.05) is 64.6 Å². The molecule has 0 saturated carbocycles. The number of amides is 1. The average molecular weight is 361 g/mol. The highest BCUT2D eigenvalue weighted by Crippen LogP contribution is 2.10. The van der Waals surface area contributed by atoms with Crippen molar-refractivity contribution in [1.82, 2.24) is 25.5 Å². The number of nitrogens with zero attached hydrogens (tertiary/aromatic N) is 5. The van der Waals surface area contributed by atoms with Crippen LogP contribution in [0.5, 0.6) is 0 Å². The molecule has 0 spiro atoms. The van der Waals surface area contributed by atoms with E-state index in [2.05, 4.69) is 44.3 Å². The van der Waals surface area contributed by atoms with Crippen molar-refractivity contribution >= 4 is 17.8 Å². The average Bonchev–Trinajstić information content (AvgIpc) is 2.66. The molecule has 8 heteroatoms. The number of carbonyl (C=O) groups is 1. The van der Waals surface area contributed by atoms with Gasteiger partial charge in [-0.3, -0.25) is 9.79 Å². The second kappa shape index (κ2) is 10.6. The monoisotopic (exact) mass is 361 g/mol. The van der Waals surface area contributed by atoms with Crippen LogP contribution in [0.1, 0.15) is 27.2 Å². The fraction of sp³-hybridized carbons (Fsp3) is 0.667. The SMILES string of the molecule is CCNC(=NCC(C)C)NCCC(=O)N1CCN(c2ncccn2)CC1. The molecule has 144 valence electrons. The van der Waals surface area contributed by atoms with E-state index in [0.29, 0.717) is 32.0 Å². The lowest BCUT2D eigenvalue weighted by atomic mass is 10.2. The summed E-state index contributed by atoms with van der Waals surface area (Å²) in [5, 5.41) is 6.45. The third-order valence-electron chi connectivity index (χ3n) is 4.06. The zero-order chi connectivity index (χ0) is 18.8. The van der Waals surface area contributed by atoms with Gasteiger partial charge in [0.15, 0.2) is 5.96 Å². The van der Waals surface area contributed by atoms with Crippen molar-refractivity contribution in [2.24, 2.45) is 10.9 Å². The third-order valence-corrected chi connectivity index (χ3v) is 4.06. The summed E-state index contributed by atoms with van der Waals surface area (Å²) >= 11 is 0. The molecule has 8 nitrogen and oxygen atoms in total. The first-order chi connectivity index (χ1) is 12.6. The Morgan fingerprint density at radius 2 is 1.88 bits per heavy atom. The van der Waals surface area contributed by atoms with Crippen molar-refractivity contribution in [3.8, 4) is 0 Å². The minimum absolute atomic E-state index is 0.172. The summed E-state index contributed by atoms with van der Waals surface area (Å²) in [6.45, 7) is 11.4. The smallest absolute Gasteiger partial charge is 0.225 e. The lowest BCUT2D eigenvalue weighted by molar-refractivity contribution is -0.131. The maximum Gasteiger partial charge on any atom is 0.225 e. The number of piperazine rings is 1. The molecular formula is C18H31N7O. The predicted octanol–water partition coefficient (Wildman–Crippen LogP) is 0.726. The normalized spacial score (nSPS) is 15.3. The molecule has 1 aromatic rings. The first-order valence-electron chi connectivity index (χ1n) is 9.42. The van der Waals surface area contributed by atoms with Crippen molar-refractivity contribution < 1.29 is 4.79 Å². The quantitative estimate of drug-likeness (QED) is 0.550. The predicted molar refractivity (Wildman–Crippen MR) is 104 cm³/mol. The summed E-state index contributed by atoms with van der Waals surface area (Å²) in [5.74, 6) is 2.20. The molecule has 1 saturated heterocycles. The van der Waals surface area contributed by atoms with E-state index in [0.717, 1.165) is 38.1 Å². The molecule has 0 bridgehead atoms. The molecule has 26 heavy (non-hydrogen) atoms. The van der Waals surface area contributed by atoms with Gasteiger partial charge in [-0.2, -0.15) is 0 Å². The van der Waals surface area contributed by atoms with E-state index < -0.39 is 0 Å². The van der Waals surface area contributed by atoms with Crippen molar-refractivity contribution in [2.45, 2.75) is 27.2 Å². The van der Waals surface area contributed by atoms with Crippen LogP contribution in [0.3, 0.4) is 0 Å². The number of rotatable bonds is 7. The Labute approximate surface area is 156 Å². The van der Waals surface area contributed by atoms with Gasteiger partial charge in [0.05, 0.1) is 0 Å². The van der Waals surface area contributed by atoms with Crippen LogP contribution in [0.25, 0.3) is 0 Å². The maximum atomic E-state index is 12.4. The number of carbonyl (C=O) groups excluding carboxylic acids is 1. The molecule has 0 radical (unpaired) electrons. The first kappa shape index (κ1) is 19.9. The van der Waals surface area contributed by atoms with E-state index in [1.807, 2.05) is 17.9 Å². The molecule has 0 atom stereocenters. The van der Waals surface area contributed by atoms with Gasteiger partial charge in [-0.25, -0.2) is 9.97 Å². The van der Waals surface area contributed by atoms with Gasteiger partial charge >= 0.3 is 0 Å². The number of nitrogens with one attached hydrogen (secondary N) is 2. The van der Waals surface area contributed by atoms with Crippen molar-refractivity contribution in [1.29, 1.82) is 0 Å². The van der Waals surface area contributed by atoms with Gasteiger partial charge in [-0.15, -0.1) is 0 Å². The lowest BCUT2D eigenvalue weighted by Crippen LogP contribution is -2.50. The Balaban J connectivity index is 1.72. The summed E-state index contributed by atoms with van der Waals surface area (Å²) < 4.78 is 0. The van der Waals surface area contributed by atoms with Crippen LogP contribution in [0.2, 0.25) is 0 Å². The molecule has 0 aliphatic carbocycles. The fourth-order valence-corrected chi connectivity index (χ4v) is 2.67. The number of hydrogen-bond donors (Lipinski definition) is 2. The van der Waals surface area contributed by atoms with Crippen LogP contribution in [-0.2, 0) is 4.79 Å². The van der Waals surface area contributed by atoms with Gasteiger partial charge in [-0.05, 0) is 18.9 Å². The second-order valence-corrected chi connectivity index (χ2v) is 6.71. The van der Waals surface area contributed by atoms with E-state index in [4.69, 9.17) is 0 Å². The fourth-order valence-electron chi connectivity index (χ4n) is 2.67. The molecular weight excluding hydrogens is 330 g/mol. The molecule has 1 aliphatic rings. The van der Waals surface area contributed by atoms with E-state index in [9.17, 15) is 4.79 Å². The largest absolute Gasteiger partial charge is 0.357 e. The standard InChI is InChI=1S/C18H31N7O/c1-4-19-17(23-14-15(2)3)20-9-6-16(26)24-10-12-25(13-11-24)18-21-7-5-8-22-18/h5,7-8,15H,4,6,9-14H2,1-3H3,(H2,19,20,23). The Bertz CT molecular complexity index is 568. The van der Waals surface area contributed by atoms with E-state index in [1.165, 1.54) is 0 Å². The molecule has 1 aliphatic heterocycles. The molecule has 2 heterocycles. The number of aliphatic imine (C=N–C) groups is 1. The van der Waals surface area contributed by atoms with E-state index in [-0.39, 0.29) is 5.91 Å². The second-order valence-electron chi connectivity index (χ2n) is 6.71. The molecule has 1 fully saturated rings. The highest BCUT2D eigenvalue weighted by molar-refractivity contribution is 5.81. The van der Waals surface area contributed by atoms with Crippen molar-refractivity contribution in [3.63, 3.8) is 0 Å². The highest BCUT2D eigenvalue weighted by atomic mass is 16.2. The minimum atomic E-state index is 0.172. The van der Waals surface area contributed by atoms with Crippen LogP contribution in [0.15, 0.2) is 23.5 Å². The molecule has 2 N–H and O–H groups in total. The zero-order valence-electron chi connectivity index (χ0n) is 16.1. The molecule has 2 rings (SSSR count). The Morgan fingerprint density at radius 1 is 1.19 bits per heavy atom. The summed E-state index contributed by atoms with van der Waals surface area (Å²) in [6, 6.07) is 1.81. The Morgan fingerprint density at radius 3 is 2.50 bits per heavy atom. The Hall–Kier alpha value is -2.38. The van der Waals surface area contributed by atoms with Gasteiger partial charge in [0.25, 0.3) is 0 Å². The zero-order valence-corrected chi connectivity index (χ0v) is 16.1. The number of aromatic nitrogens is 2. The maximum absolute atomic E-state index is 12.4. The summed E-state index contributed by atoms with van der Waals surface area (Å²) in [5.41, 5.74) is 0. The number of hydrogen-bond acceptors (Lipinski definition) is 5. The summed E-state index contributed by atoms with van der Waals surface area (Å²) in [4.78, 5) is 29.5. The van der Waals surface area contributed by atoms with E-state index >= 15 is 0 Å². The summed E-state index contributed by atoms with van der Waals surface area (Å²) in [7, 11) is 0. The van der Waals surface area contributed by atoms with E-state index in [1.54, 1.807) is 12.4 Å². The molecule has 0 aromatic carbocycles. The number of anilines is 1. The van der Waals surface area contributed by atoms with Gasteiger partial charge in [-0.1, -0.05) is 13.8 Å². The van der Waals surface area contributed by atoms with Crippen LogP contribution >= 0.6 is 0 Å².